The molecule has 9 heteroatoms. The number of amides is 1. The minimum Gasteiger partial charge on any atom is -0.309 e. The van der Waals surface area contributed by atoms with Crippen LogP contribution in [0.5, 0.6) is 0 Å². The van der Waals surface area contributed by atoms with Crippen molar-refractivity contribution in [1.29, 1.82) is 0 Å². The molecular formula is C23H18ClF3N4O. The van der Waals surface area contributed by atoms with Gasteiger partial charge in [0.15, 0.2) is 11.5 Å². The number of fused-ring (bicyclic) bond motifs is 1. The molecule has 0 aliphatic rings. The minimum absolute atomic E-state index is 0.223. The first kappa shape index (κ1) is 21.8. The summed E-state index contributed by atoms with van der Waals surface area (Å²) in [5.74, 6) is -0.130. The van der Waals surface area contributed by atoms with Crippen LogP contribution in [0.4, 0.5) is 19.0 Å². The molecule has 0 fully saturated rings. The van der Waals surface area contributed by atoms with Crippen molar-refractivity contribution in [3.63, 3.8) is 0 Å². The molecule has 0 aliphatic carbocycles. The van der Waals surface area contributed by atoms with Crippen molar-refractivity contribution in [2.75, 3.05) is 5.32 Å². The van der Waals surface area contributed by atoms with Gasteiger partial charge in [-0.15, -0.1) is 5.10 Å². The Morgan fingerprint density at radius 3 is 2.09 bits per heavy atom. The van der Waals surface area contributed by atoms with E-state index in [0.29, 0.717) is 27.5 Å². The van der Waals surface area contributed by atoms with Crippen LogP contribution in [0.1, 0.15) is 23.9 Å². The number of aryl methyl sites for hydroxylation is 2. The van der Waals surface area contributed by atoms with Crippen molar-refractivity contribution >= 4 is 29.0 Å². The van der Waals surface area contributed by atoms with Crippen molar-refractivity contribution in [3.8, 4) is 22.3 Å². The first-order valence-electron chi connectivity index (χ1n) is 9.67. The quantitative estimate of drug-likeness (QED) is 0.391. The van der Waals surface area contributed by atoms with Crippen LogP contribution in [0.3, 0.4) is 0 Å². The van der Waals surface area contributed by atoms with Gasteiger partial charge in [-0.05, 0) is 49.2 Å². The van der Waals surface area contributed by atoms with Crippen molar-refractivity contribution in [1.82, 2.24) is 14.6 Å². The maximum absolute atomic E-state index is 13.0. The van der Waals surface area contributed by atoms with E-state index < -0.39 is 11.7 Å². The molecule has 0 bridgehead atoms. The maximum atomic E-state index is 13.0. The number of nitrogens with zero attached hydrogens (tertiary/aromatic N) is 3. The molecule has 2 aromatic heterocycles. The van der Waals surface area contributed by atoms with Gasteiger partial charge in [0.25, 0.3) is 0 Å². The predicted octanol–water partition coefficient (Wildman–Crippen LogP) is 6.31. The average Bonchev–Trinajstić information content (AvgIpc) is 3.06. The van der Waals surface area contributed by atoms with E-state index in [1.165, 1.54) is 19.1 Å². The third kappa shape index (κ3) is 3.93. The molecule has 0 unspecified atom stereocenters. The summed E-state index contributed by atoms with van der Waals surface area (Å²) >= 11 is 6.01. The molecule has 1 N–H and O–H groups in total. The number of benzene rings is 2. The highest BCUT2D eigenvalue weighted by Crippen LogP contribution is 2.37. The first-order chi connectivity index (χ1) is 15.1. The van der Waals surface area contributed by atoms with Crippen LogP contribution in [0.2, 0.25) is 5.02 Å². The number of carbonyl (C=O) groups excluding carboxylic acids is 1. The minimum atomic E-state index is -4.45. The summed E-state index contributed by atoms with van der Waals surface area (Å²) in [6.07, 6.45) is -4.45. The molecule has 1 amide bonds. The van der Waals surface area contributed by atoms with Crippen LogP contribution >= 0.6 is 11.6 Å². The number of rotatable bonds is 3. The van der Waals surface area contributed by atoms with E-state index in [4.69, 9.17) is 16.6 Å². The number of hydrogen-bond donors (Lipinski definition) is 1. The Kier molecular flexibility index (Phi) is 5.42. The van der Waals surface area contributed by atoms with Gasteiger partial charge < -0.3 is 5.32 Å². The molecule has 0 spiro atoms. The van der Waals surface area contributed by atoms with E-state index in [2.05, 4.69) is 10.4 Å². The Morgan fingerprint density at radius 2 is 1.53 bits per heavy atom. The zero-order valence-electron chi connectivity index (χ0n) is 17.4. The SMILES string of the molecule is CC(=O)Nc1nn2c(C)c(-c3ccc(Cl)cc3)c(C)nc2c1-c1ccc(C(F)(F)F)cc1. The molecule has 2 aromatic carbocycles. The van der Waals surface area contributed by atoms with Gasteiger partial charge in [-0.1, -0.05) is 35.9 Å². The predicted molar refractivity (Wildman–Crippen MR) is 118 cm³/mol. The number of anilines is 1. The molecule has 0 aliphatic heterocycles. The van der Waals surface area contributed by atoms with Crippen LogP contribution in [0, 0.1) is 13.8 Å². The summed E-state index contributed by atoms with van der Waals surface area (Å²) < 4.78 is 40.6. The Hall–Kier alpha value is -3.39. The molecule has 0 saturated heterocycles. The number of nitrogens with one attached hydrogen (secondary N) is 1. The van der Waals surface area contributed by atoms with E-state index in [9.17, 15) is 18.0 Å². The van der Waals surface area contributed by atoms with Gasteiger partial charge in [0, 0.05) is 23.2 Å². The number of halogens is 4. The Bertz CT molecular complexity index is 1330. The highest BCUT2D eigenvalue weighted by molar-refractivity contribution is 6.30. The third-order valence-electron chi connectivity index (χ3n) is 5.10. The van der Waals surface area contributed by atoms with Crippen molar-refractivity contribution in [2.45, 2.75) is 26.9 Å². The van der Waals surface area contributed by atoms with Crippen LogP contribution in [0.25, 0.3) is 27.9 Å². The molecule has 2 heterocycles. The highest BCUT2D eigenvalue weighted by atomic mass is 35.5. The molecule has 5 nitrogen and oxygen atoms in total. The van der Waals surface area contributed by atoms with E-state index in [-0.39, 0.29) is 11.7 Å². The molecule has 4 aromatic rings. The molecule has 32 heavy (non-hydrogen) atoms. The summed E-state index contributed by atoms with van der Waals surface area (Å²) in [4.78, 5) is 16.5. The normalized spacial score (nSPS) is 11.7. The summed E-state index contributed by atoms with van der Waals surface area (Å²) in [6, 6.07) is 12.0. The molecular weight excluding hydrogens is 441 g/mol. The fourth-order valence-electron chi connectivity index (χ4n) is 3.71. The molecule has 4 rings (SSSR count). The summed E-state index contributed by atoms with van der Waals surface area (Å²) in [7, 11) is 0. The number of aromatic nitrogens is 3. The van der Waals surface area contributed by atoms with Crippen molar-refractivity contribution < 1.29 is 18.0 Å². The standard InChI is InChI=1S/C23H18ClF3N4O/c1-12-19(15-6-10-18(24)11-7-15)13(2)31-22(28-12)20(21(30-31)29-14(3)32)16-4-8-17(9-5-16)23(25,26)27/h4-11H,1-3H3,(H,29,30,32). The fraction of sp³-hybridized carbons (Fsp3) is 0.174. The smallest absolute Gasteiger partial charge is 0.309 e. The second kappa shape index (κ2) is 7.94. The Balaban J connectivity index is 1.96. The number of alkyl halides is 3. The number of hydrogen-bond acceptors (Lipinski definition) is 3. The molecule has 0 radical (unpaired) electrons. The van der Waals surface area contributed by atoms with Gasteiger partial charge in [0.05, 0.1) is 16.8 Å². The van der Waals surface area contributed by atoms with Crippen LogP contribution < -0.4 is 5.32 Å². The topological polar surface area (TPSA) is 59.3 Å². The monoisotopic (exact) mass is 458 g/mol. The lowest BCUT2D eigenvalue weighted by atomic mass is 10.0. The fourth-order valence-corrected chi connectivity index (χ4v) is 3.83. The molecule has 164 valence electrons. The zero-order chi connectivity index (χ0) is 23.2. The van der Waals surface area contributed by atoms with Gasteiger partial charge in [-0.3, -0.25) is 4.79 Å². The zero-order valence-corrected chi connectivity index (χ0v) is 18.1. The van der Waals surface area contributed by atoms with E-state index in [1.807, 2.05) is 26.0 Å². The van der Waals surface area contributed by atoms with Crippen LogP contribution in [0.15, 0.2) is 48.5 Å². The third-order valence-corrected chi connectivity index (χ3v) is 5.36. The molecule has 0 saturated carbocycles. The van der Waals surface area contributed by atoms with Crippen LogP contribution in [-0.4, -0.2) is 20.5 Å². The largest absolute Gasteiger partial charge is 0.416 e. The van der Waals surface area contributed by atoms with Crippen molar-refractivity contribution in [3.05, 3.63) is 70.5 Å². The van der Waals surface area contributed by atoms with Gasteiger partial charge in [0.1, 0.15) is 0 Å². The van der Waals surface area contributed by atoms with Gasteiger partial charge >= 0.3 is 6.18 Å². The Labute approximate surface area is 186 Å². The summed E-state index contributed by atoms with van der Waals surface area (Å²) in [5.41, 5.74) is 3.80. The lowest BCUT2D eigenvalue weighted by molar-refractivity contribution is -0.137. The lowest BCUT2D eigenvalue weighted by Crippen LogP contribution is -2.07. The summed E-state index contributed by atoms with van der Waals surface area (Å²) in [6.45, 7) is 5.05. The van der Waals surface area contributed by atoms with Crippen molar-refractivity contribution in [2.24, 2.45) is 0 Å². The second-order valence-corrected chi connectivity index (χ2v) is 7.82. The van der Waals surface area contributed by atoms with E-state index in [1.54, 1.807) is 16.6 Å². The average molecular weight is 459 g/mol. The second-order valence-electron chi connectivity index (χ2n) is 7.38. The maximum Gasteiger partial charge on any atom is 0.416 e. The number of carbonyl (C=O) groups is 1. The Morgan fingerprint density at radius 1 is 0.969 bits per heavy atom. The lowest BCUT2D eigenvalue weighted by Gasteiger charge is -2.12. The molecule has 0 atom stereocenters. The summed E-state index contributed by atoms with van der Waals surface area (Å²) in [5, 5.41) is 7.79. The van der Waals surface area contributed by atoms with E-state index >= 15 is 0 Å². The van der Waals surface area contributed by atoms with Gasteiger partial charge in [-0.2, -0.15) is 13.2 Å². The van der Waals surface area contributed by atoms with Gasteiger partial charge in [-0.25, -0.2) is 9.50 Å². The highest BCUT2D eigenvalue weighted by Gasteiger charge is 2.30. The van der Waals surface area contributed by atoms with Crippen LogP contribution in [-0.2, 0) is 11.0 Å². The first-order valence-corrected chi connectivity index (χ1v) is 10.0. The van der Waals surface area contributed by atoms with E-state index in [0.717, 1.165) is 29.0 Å². The van der Waals surface area contributed by atoms with Gasteiger partial charge in [0.2, 0.25) is 5.91 Å².